The zero-order valence-electron chi connectivity index (χ0n) is 13.1. The van der Waals surface area contributed by atoms with Gasteiger partial charge in [0.15, 0.2) is 11.6 Å². The number of nitrogens with zero attached hydrogens (tertiary/aromatic N) is 1. The molecule has 0 spiro atoms. The maximum Gasteiger partial charge on any atom is 0.341 e. The SMILES string of the molecule is O=S(=O)(c1ccc(CN2CCCc3cc(F)c(F)cc32)cc1)C(F)F. The Morgan fingerprint density at radius 2 is 1.68 bits per heavy atom. The van der Waals surface area contributed by atoms with Gasteiger partial charge in [-0.05, 0) is 42.2 Å². The molecule has 8 heteroatoms. The zero-order valence-corrected chi connectivity index (χ0v) is 13.9. The summed E-state index contributed by atoms with van der Waals surface area (Å²) in [6.07, 6.45) is 1.42. The number of sulfone groups is 1. The number of halogens is 4. The molecule has 0 atom stereocenters. The van der Waals surface area contributed by atoms with Crippen LogP contribution < -0.4 is 4.90 Å². The van der Waals surface area contributed by atoms with E-state index >= 15 is 0 Å². The van der Waals surface area contributed by atoms with Crippen molar-refractivity contribution in [3.63, 3.8) is 0 Å². The first kappa shape index (κ1) is 17.7. The van der Waals surface area contributed by atoms with Crippen molar-refractivity contribution < 1.29 is 26.0 Å². The lowest BCUT2D eigenvalue weighted by molar-refractivity contribution is 0.234. The van der Waals surface area contributed by atoms with Gasteiger partial charge in [0.1, 0.15) is 0 Å². The maximum atomic E-state index is 13.5. The Balaban J connectivity index is 1.84. The first-order valence-corrected chi connectivity index (χ1v) is 9.17. The minimum atomic E-state index is -4.62. The molecule has 0 fully saturated rings. The molecule has 0 bridgehead atoms. The van der Waals surface area contributed by atoms with Crippen molar-refractivity contribution in [2.45, 2.75) is 30.0 Å². The van der Waals surface area contributed by atoms with Crippen LogP contribution in [0.1, 0.15) is 17.5 Å². The van der Waals surface area contributed by atoms with Crippen molar-refractivity contribution in [2.75, 3.05) is 11.4 Å². The Morgan fingerprint density at radius 1 is 1.04 bits per heavy atom. The fourth-order valence-electron chi connectivity index (χ4n) is 2.92. The summed E-state index contributed by atoms with van der Waals surface area (Å²) in [5, 5.41) is 0. The van der Waals surface area contributed by atoms with Crippen LogP contribution in [0.2, 0.25) is 0 Å². The van der Waals surface area contributed by atoms with Crippen LogP contribution in [0, 0.1) is 11.6 Å². The largest absolute Gasteiger partial charge is 0.367 e. The average molecular weight is 373 g/mol. The van der Waals surface area contributed by atoms with Crippen molar-refractivity contribution in [3.05, 3.63) is 59.2 Å². The molecule has 0 aliphatic carbocycles. The number of anilines is 1. The predicted octanol–water partition coefficient (Wildman–Crippen LogP) is 3.91. The van der Waals surface area contributed by atoms with Crippen molar-refractivity contribution in [2.24, 2.45) is 0 Å². The monoisotopic (exact) mass is 373 g/mol. The number of hydrogen-bond acceptors (Lipinski definition) is 3. The predicted molar refractivity (Wildman–Crippen MR) is 85.4 cm³/mol. The molecule has 0 aromatic heterocycles. The lowest BCUT2D eigenvalue weighted by Crippen LogP contribution is -2.29. The topological polar surface area (TPSA) is 37.4 Å². The van der Waals surface area contributed by atoms with Crippen LogP contribution in [0.3, 0.4) is 0 Å². The lowest BCUT2D eigenvalue weighted by Gasteiger charge is -2.31. The van der Waals surface area contributed by atoms with Gasteiger partial charge in [-0.25, -0.2) is 17.2 Å². The second kappa shape index (κ2) is 6.67. The van der Waals surface area contributed by atoms with E-state index in [1.807, 2.05) is 4.90 Å². The molecule has 3 rings (SSSR count). The Labute approximate surface area is 142 Å². The van der Waals surface area contributed by atoms with Crippen molar-refractivity contribution in [3.8, 4) is 0 Å². The Hall–Kier alpha value is -2.09. The molecule has 2 aromatic rings. The number of fused-ring (bicyclic) bond motifs is 1. The van der Waals surface area contributed by atoms with Crippen LogP contribution in [0.15, 0.2) is 41.3 Å². The number of hydrogen-bond donors (Lipinski definition) is 0. The van der Waals surface area contributed by atoms with Gasteiger partial charge in [-0.2, -0.15) is 8.78 Å². The van der Waals surface area contributed by atoms with E-state index in [9.17, 15) is 26.0 Å². The molecule has 3 nitrogen and oxygen atoms in total. The van der Waals surface area contributed by atoms with Gasteiger partial charge in [-0.3, -0.25) is 0 Å². The Kier molecular flexibility index (Phi) is 4.73. The number of aryl methyl sites for hydroxylation is 1. The highest BCUT2D eigenvalue weighted by Crippen LogP contribution is 2.30. The molecule has 2 aromatic carbocycles. The van der Waals surface area contributed by atoms with Gasteiger partial charge in [0.25, 0.3) is 0 Å². The van der Waals surface area contributed by atoms with E-state index in [0.29, 0.717) is 36.3 Å². The van der Waals surface area contributed by atoms with E-state index in [1.165, 1.54) is 18.2 Å². The molecule has 134 valence electrons. The number of alkyl halides is 2. The summed E-state index contributed by atoms with van der Waals surface area (Å²) in [4.78, 5) is 1.41. The summed E-state index contributed by atoms with van der Waals surface area (Å²) in [6, 6.07) is 7.50. The fourth-order valence-corrected chi connectivity index (χ4v) is 3.65. The summed E-state index contributed by atoms with van der Waals surface area (Å²) in [5.74, 6) is -5.28. The molecule has 1 heterocycles. The van der Waals surface area contributed by atoms with Crippen LogP contribution in [-0.4, -0.2) is 20.7 Å². The molecule has 0 unspecified atom stereocenters. The molecule has 0 amide bonds. The lowest BCUT2D eigenvalue weighted by atomic mass is 10.0. The third-order valence-electron chi connectivity index (χ3n) is 4.20. The highest BCUT2D eigenvalue weighted by molar-refractivity contribution is 7.91. The first-order chi connectivity index (χ1) is 11.8. The molecule has 0 saturated carbocycles. The fraction of sp³-hybridized carbons (Fsp3) is 0.294. The molecular formula is C17H15F4NO2S. The Morgan fingerprint density at radius 3 is 2.32 bits per heavy atom. The molecular weight excluding hydrogens is 358 g/mol. The molecule has 1 aliphatic rings. The first-order valence-electron chi connectivity index (χ1n) is 7.63. The third-order valence-corrected chi connectivity index (χ3v) is 5.59. The van der Waals surface area contributed by atoms with Crippen LogP contribution >= 0.6 is 0 Å². The van der Waals surface area contributed by atoms with E-state index < -0.39 is 32.1 Å². The van der Waals surface area contributed by atoms with Crippen LogP contribution in [0.4, 0.5) is 23.2 Å². The third kappa shape index (κ3) is 3.49. The van der Waals surface area contributed by atoms with Crippen LogP contribution in [-0.2, 0) is 22.8 Å². The minimum Gasteiger partial charge on any atom is -0.367 e. The van der Waals surface area contributed by atoms with Gasteiger partial charge in [0, 0.05) is 24.8 Å². The van der Waals surface area contributed by atoms with E-state index in [0.717, 1.165) is 24.6 Å². The van der Waals surface area contributed by atoms with Gasteiger partial charge < -0.3 is 4.90 Å². The molecule has 0 saturated heterocycles. The van der Waals surface area contributed by atoms with Gasteiger partial charge in [-0.15, -0.1) is 0 Å². The van der Waals surface area contributed by atoms with Gasteiger partial charge in [0.05, 0.1) is 4.90 Å². The van der Waals surface area contributed by atoms with E-state index in [1.54, 1.807) is 0 Å². The van der Waals surface area contributed by atoms with E-state index in [-0.39, 0.29) is 0 Å². The van der Waals surface area contributed by atoms with E-state index in [2.05, 4.69) is 0 Å². The standard InChI is InChI=1S/C17H15F4NO2S/c18-14-8-12-2-1-7-22(16(12)9-15(14)19)10-11-3-5-13(6-4-11)25(23,24)17(20)21/h3-6,8-9,17H,1-2,7,10H2. The normalized spacial score (nSPS) is 14.7. The summed E-state index contributed by atoms with van der Waals surface area (Å²) >= 11 is 0. The summed E-state index contributed by atoms with van der Waals surface area (Å²) in [7, 11) is -4.62. The second-order valence-electron chi connectivity index (χ2n) is 5.87. The zero-order chi connectivity index (χ0) is 18.2. The van der Waals surface area contributed by atoms with Crippen LogP contribution in [0.5, 0.6) is 0 Å². The Bertz CT molecular complexity index is 882. The van der Waals surface area contributed by atoms with Crippen LogP contribution in [0.25, 0.3) is 0 Å². The molecule has 1 aliphatic heterocycles. The number of benzene rings is 2. The highest BCUT2D eigenvalue weighted by Gasteiger charge is 2.26. The molecule has 0 radical (unpaired) electrons. The summed E-state index contributed by atoms with van der Waals surface area (Å²) in [6.45, 7) is 0.974. The highest BCUT2D eigenvalue weighted by atomic mass is 32.2. The smallest absolute Gasteiger partial charge is 0.341 e. The molecule has 25 heavy (non-hydrogen) atoms. The minimum absolute atomic E-state index is 0.340. The van der Waals surface area contributed by atoms with E-state index in [4.69, 9.17) is 0 Å². The summed E-state index contributed by atoms with van der Waals surface area (Å²) in [5.41, 5.74) is 1.99. The number of rotatable bonds is 4. The maximum absolute atomic E-state index is 13.5. The summed E-state index contributed by atoms with van der Waals surface area (Å²) < 4.78 is 74.9. The van der Waals surface area contributed by atoms with Gasteiger partial charge >= 0.3 is 5.76 Å². The van der Waals surface area contributed by atoms with Crippen molar-refractivity contribution >= 4 is 15.5 Å². The second-order valence-corrected chi connectivity index (χ2v) is 7.79. The quantitative estimate of drug-likeness (QED) is 0.763. The van der Waals surface area contributed by atoms with Gasteiger partial charge in [0.2, 0.25) is 9.84 Å². The van der Waals surface area contributed by atoms with Crippen molar-refractivity contribution in [1.82, 2.24) is 0 Å². The average Bonchev–Trinajstić information content (AvgIpc) is 2.57. The van der Waals surface area contributed by atoms with Crippen molar-refractivity contribution in [1.29, 1.82) is 0 Å². The molecule has 0 N–H and O–H groups in total. The van der Waals surface area contributed by atoms with Gasteiger partial charge in [-0.1, -0.05) is 12.1 Å².